The van der Waals surface area contributed by atoms with Crippen molar-refractivity contribution in [3.05, 3.63) is 190 Å². The molecule has 49 heavy (non-hydrogen) atoms. The molecule has 0 saturated carbocycles. The van der Waals surface area contributed by atoms with Crippen LogP contribution in [-0.2, 0) is 0 Å². The lowest BCUT2D eigenvalue weighted by molar-refractivity contribution is 1.27. The minimum absolute atomic E-state index is 0.565. The molecule has 0 heterocycles. The number of anilines is 3. The smallest absolute Gasteiger partial charge is 0.202 e. The molecular formula is C46H33N3. The monoisotopic (exact) mass is 627 g/mol. The molecule has 0 radical (unpaired) electrons. The van der Waals surface area contributed by atoms with Crippen LogP contribution in [0, 0.1) is 31.8 Å². The molecule has 7 aromatic carbocycles. The fraction of sp³-hybridized carbons (Fsp3) is 0.0435. The number of nitriles is 1. The highest BCUT2D eigenvalue weighted by Gasteiger charge is 2.15. The lowest BCUT2D eigenvalue weighted by Gasteiger charge is -2.25. The lowest BCUT2D eigenvalue weighted by Crippen LogP contribution is -2.09. The van der Waals surface area contributed by atoms with E-state index in [4.69, 9.17) is 6.57 Å². The Kier molecular flexibility index (Phi) is 8.58. The molecule has 0 fully saturated rings. The molecule has 0 unspecified atom stereocenters. The number of benzene rings is 7. The summed E-state index contributed by atoms with van der Waals surface area (Å²) in [5.74, 6) is 0. The fourth-order valence-corrected chi connectivity index (χ4v) is 6.20. The fourth-order valence-electron chi connectivity index (χ4n) is 6.20. The second kappa shape index (κ2) is 13.6. The van der Waals surface area contributed by atoms with Crippen molar-refractivity contribution in [1.29, 1.82) is 5.26 Å². The highest BCUT2D eigenvalue weighted by Crippen LogP contribution is 2.40. The zero-order chi connectivity index (χ0) is 33.7. The van der Waals surface area contributed by atoms with Gasteiger partial charge in [0.25, 0.3) is 0 Å². The molecule has 7 rings (SSSR count). The normalized spacial score (nSPS) is 11.3. The van der Waals surface area contributed by atoms with E-state index >= 15 is 0 Å². The quantitative estimate of drug-likeness (QED) is 0.100. The van der Waals surface area contributed by atoms with Crippen molar-refractivity contribution < 1.29 is 0 Å². The largest absolute Gasteiger partial charge is 0.311 e. The second-order valence-corrected chi connectivity index (χ2v) is 12.2. The Morgan fingerprint density at radius 3 is 1.53 bits per heavy atom. The highest BCUT2D eigenvalue weighted by molar-refractivity contribution is 6.16. The van der Waals surface area contributed by atoms with Crippen LogP contribution in [0.1, 0.15) is 38.9 Å². The second-order valence-electron chi connectivity index (χ2n) is 12.2. The van der Waals surface area contributed by atoms with Crippen LogP contribution in [0.2, 0.25) is 0 Å². The van der Waals surface area contributed by atoms with Gasteiger partial charge in [-0.1, -0.05) is 132 Å². The molecule has 0 spiro atoms. The SMILES string of the molecule is [C-]#[N+]c1c2ccc(/C=C\c3ccc(C)cc3)cc2c(C#N)c2ccc(/C=C\c3ccc(N(c4ccccc4)c4ccc(C)cc4)cc3)cc12. The average Bonchev–Trinajstić information content (AvgIpc) is 3.14. The van der Waals surface area contributed by atoms with Crippen molar-refractivity contribution in [2.75, 3.05) is 4.90 Å². The molecule has 0 saturated heterocycles. The molecule has 0 atom stereocenters. The van der Waals surface area contributed by atoms with Gasteiger partial charge < -0.3 is 4.90 Å². The summed E-state index contributed by atoms with van der Waals surface area (Å²) in [5.41, 5.74) is 11.0. The lowest BCUT2D eigenvalue weighted by atomic mass is 9.93. The Labute approximate surface area is 287 Å². The van der Waals surface area contributed by atoms with Gasteiger partial charge in [0.05, 0.1) is 12.1 Å². The van der Waals surface area contributed by atoms with Gasteiger partial charge >= 0.3 is 0 Å². The first-order chi connectivity index (χ1) is 24.0. The number of fused-ring (bicyclic) bond motifs is 2. The van der Waals surface area contributed by atoms with Crippen LogP contribution in [0.25, 0.3) is 50.7 Å². The van der Waals surface area contributed by atoms with E-state index in [9.17, 15) is 5.26 Å². The van der Waals surface area contributed by atoms with Crippen LogP contribution >= 0.6 is 0 Å². The van der Waals surface area contributed by atoms with Gasteiger partial charge in [-0.15, -0.1) is 0 Å². The van der Waals surface area contributed by atoms with E-state index in [0.717, 1.165) is 60.9 Å². The molecule has 0 amide bonds. The third-order valence-electron chi connectivity index (χ3n) is 8.83. The van der Waals surface area contributed by atoms with E-state index < -0.39 is 0 Å². The first-order valence-electron chi connectivity index (χ1n) is 16.3. The first-order valence-corrected chi connectivity index (χ1v) is 16.3. The Hall–Kier alpha value is -6.68. The minimum atomic E-state index is 0.565. The van der Waals surface area contributed by atoms with Gasteiger partial charge in [0.1, 0.15) is 6.07 Å². The molecule has 232 valence electrons. The molecule has 0 aliphatic rings. The Balaban J connectivity index is 1.20. The number of aryl methyl sites for hydroxylation is 2. The van der Waals surface area contributed by atoms with Crippen molar-refractivity contribution in [1.82, 2.24) is 0 Å². The van der Waals surface area contributed by atoms with Gasteiger partial charge in [0.2, 0.25) is 5.69 Å². The van der Waals surface area contributed by atoms with E-state index in [-0.39, 0.29) is 0 Å². The molecule has 0 aliphatic carbocycles. The summed E-state index contributed by atoms with van der Waals surface area (Å²) in [6, 6.07) is 50.3. The molecule has 7 aromatic rings. The summed E-state index contributed by atoms with van der Waals surface area (Å²) < 4.78 is 0. The molecular weight excluding hydrogens is 595 g/mol. The van der Waals surface area contributed by atoms with Gasteiger partial charge in [0, 0.05) is 17.1 Å². The van der Waals surface area contributed by atoms with Crippen LogP contribution in [0.5, 0.6) is 0 Å². The molecule has 0 bridgehead atoms. The topological polar surface area (TPSA) is 31.4 Å². The maximum Gasteiger partial charge on any atom is 0.202 e. The summed E-state index contributed by atoms with van der Waals surface area (Å²) in [4.78, 5) is 6.22. The van der Waals surface area contributed by atoms with Crippen molar-refractivity contribution in [3.63, 3.8) is 0 Å². The summed E-state index contributed by atoms with van der Waals surface area (Å²) in [6.07, 6.45) is 8.26. The van der Waals surface area contributed by atoms with Crippen LogP contribution in [0.15, 0.2) is 140 Å². The number of para-hydroxylation sites is 1. The van der Waals surface area contributed by atoms with Crippen LogP contribution in [0.3, 0.4) is 0 Å². The highest BCUT2D eigenvalue weighted by atomic mass is 15.1. The predicted molar refractivity (Wildman–Crippen MR) is 207 cm³/mol. The van der Waals surface area contributed by atoms with Gasteiger partial charge in [0.15, 0.2) is 0 Å². The van der Waals surface area contributed by atoms with Crippen molar-refractivity contribution in [2.45, 2.75) is 13.8 Å². The minimum Gasteiger partial charge on any atom is -0.311 e. The van der Waals surface area contributed by atoms with Crippen LogP contribution in [-0.4, -0.2) is 0 Å². The zero-order valence-corrected chi connectivity index (χ0v) is 27.4. The molecule has 0 aliphatic heterocycles. The van der Waals surface area contributed by atoms with Gasteiger partial charge in [-0.3, -0.25) is 0 Å². The van der Waals surface area contributed by atoms with Crippen molar-refractivity contribution >= 4 is 68.6 Å². The Morgan fingerprint density at radius 1 is 0.510 bits per heavy atom. The van der Waals surface area contributed by atoms with E-state index in [1.165, 1.54) is 11.1 Å². The van der Waals surface area contributed by atoms with E-state index in [2.05, 4.69) is 151 Å². The maximum atomic E-state index is 10.3. The Morgan fingerprint density at radius 2 is 0.959 bits per heavy atom. The van der Waals surface area contributed by atoms with E-state index in [1.54, 1.807) is 0 Å². The first kappa shape index (κ1) is 30.9. The van der Waals surface area contributed by atoms with Crippen molar-refractivity contribution in [3.8, 4) is 6.07 Å². The van der Waals surface area contributed by atoms with E-state index in [1.807, 2.05) is 42.5 Å². The maximum absolute atomic E-state index is 10.3. The summed E-state index contributed by atoms with van der Waals surface area (Å²) >= 11 is 0. The number of hydrogen-bond donors (Lipinski definition) is 0. The Bertz CT molecular complexity index is 2440. The molecule has 3 nitrogen and oxygen atoms in total. The number of rotatable bonds is 7. The standard InChI is InChI=1S/C46H33N3/c1-32-9-13-34(14-10-32)15-17-36-22-28-42-43(29-36)45(31-47)41-27-21-37(30-44(41)46(42)48-3)18-16-35-19-25-40(26-20-35)49(38-7-5-4-6-8-38)39-23-11-33(2)12-24-39/h4-30H,1-2H3/b17-15-,18-16-. The predicted octanol–water partition coefficient (Wildman–Crippen LogP) is 12.8. The molecule has 0 aromatic heterocycles. The van der Waals surface area contributed by atoms with Crippen LogP contribution < -0.4 is 4.90 Å². The number of hydrogen-bond acceptors (Lipinski definition) is 2. The van der Waals surface area contributed by atoms with E-state index in [0.29, 0.717) is 11.3 Å². The number of nitrogens with zero attached hydrogens (tertiary/aromatic N) is 3. The molecule has 0 N–H and O–H groups in total. The molecule has 3 heteroatoms. The zero-order valence-electron chi connectivity index (χ0n) is 27.4. The summed E-state index contributed by atoms with van der Waals surface area (Å²) in [7, 11) is 0. The third kappa shape index (κ3) is 6.48. The average molecular weight is 628 g/mol. The van der Waals surface area contributed by atoms with Gasteiger partial charge in [-0.05, 0) is 100 Å². The van der Waals surface area contributed by atoms with Crippen molar-refractivity contribution in [2.24, 2.45) is 0 Å². The van der Waals surface area contributed by atoms with Crippen LogP contribution in [0.4, 0.5) is 22.7 Å². The van der Waals surface area contributed by atoms with Gasteiger partial charge in [-0.2, -0.15) is 5.26 Å². The summed E-state index contributed by atoms with van der Waals surface area (Å²) in [6.45, 7) is 12.3. The van der Waals surface area contributed by atoms with Gasteiger partial charge in [-0.25, -0.2) is 4.85 Å². The summed E-state index contributed by atoms with van der Waals surface area (Å²) in [5, 5.41) is 13.5. The third-order valence-corrected chi connectivity index (χ3v) is 8.83.